The van der Waals surface area contributed by atoms with Crippen LogP contribution in [0.5, 0.6) is 5.75 Å². The highest BCUT2D eigenvalue weighted by Gasteiger charge is 2.12. The normalized spacial score (nSPS) is 11.1. The first-order valence-corrected chi connectivity index (χ1v) is 9.95. The number of nitrogens with zero attached hydrogens (tertiary/aromatic N) is 2. The molecule has 142 valence electrons. The van der Waals surface area contributed by atoms with Crippen LogP contribution in [0.3, 0.4) is 0 Å². The third kappa shape index (κ3) is 4.20. The van der Waals surface area contributed by atoms with Gasteiger partial charge in [-0.1, -0.05) is 54.1 Å². The van der Waals surface area contributed by atoms with Crippen molar-refractivity contribution in [2.75, 3.05) is 6.61 Å². The fourth-order valence-electron chi connectivity index (χ4n) is 3.44. The molecule has 0 bridgehead atoms. The van der Waals surface area contributed by atoms with E-state index in [1.807, 2.05) is 36.4 Å². The fourth-order valence-corrected chi connectivity index (χ4v) is 3.64. The third-order valence-electron chi connectivity index (χ3n) is 4.82. The first-order chi connectivity index (χ1) is 13.7. The Labute approximate surface area is 170 Å². The number of hydrogen-bond donors (Lipinski definition) is 0. The van der Waals surface area contributed by atoms with E-state index in [1.54, 1.807) is 0 Å². The van der Waals surface area contributed by atoms with E-state index in [0.717, 1.165) is 46.2 Å². The summed E-state index contributed by atoms with van der Waals surface area (Å²) in [6.07, 6.45) is 1.62. The number of aryl methyl sites for hydroxylation is 2. The summed E-state index contributed by atoms with van der Waals surface area (Å²) >= 11 is 6.38. The van der Waals surface area contributed by atoms with Crippen molar-refractivity contribution in [1.29, 1.82) is 0 Å². The molecule has 0 radical (unpaired) electrons. The van der Waals surface area contributed by atoms with Gasteiger partial charge in [-0.15, -0.1) is 0 Å². The highest BCUT2D eigenvalue weighted by Crippen LogP contribution is 2.23. The minimum Gasteiger partial charge on any atom is -0.494 e. The van der Waals surface area contributed by atoms with Crippen molar-refractivity contribution in [3.8, 4) is 5.75 Å². The summed E-state index contributed by atoms with van der Waals surface area (Å²) in [5, 5.41) is 0.781. The molecule has 4 heteroatoms. The summed E-state index contributed by atoms with van der Waals surface area (Å²) in [5.41, 5.74) is 4.47. The molecular weight excluding hydrogens is 368 g/mol. The van der Waals surface area contributed by atoms with Crippen LogP contribution in [0.25, 0.3) is 11.0 Å². The zero-order valence-corrected chi connectivity index (χ0v) is 16.7. The van der Waals surface area contributed by atoms with Crippen molar-refractivity contribution in [2.45, 2.75) is 26.3 Å². The maximum absolute atomic E-state index is 6.38. The number of fused-ring (bicyclic) bond motifs is 1. The van der Waals surface area contributed by atoms with Gasteiger partial charge in [0.15, 0.2) is 0 Å². The Morgan fingerprint density at radius 1 is 0.964 bits per heavy atom. The molecule has 0 aliphatic heterocycles. The molecule has 0 fully saturated rings. The molecule has 1 heterocycles. The van der Waals surface area contributed by atoms with Crippen LogP contribution in [0.1, 0.15) is 23.4 Å². The minimum atomic E-state index is 0.668. The van der Waals surface area contributed by atoms with Gasteiger partial charge >= 0.3 is 0 Å². The molecule has 4 aromatic rings. The molecule has 28 heavy (non-hydrogen) atoms. The molecule has 4 rings (SSSR count). The first-order valence-electron chi connectivity index (χ1n) is 9.58. The van der Waals surface area contributed by atoms with Crippen LogP contribution >= 0.6 is 11.6 Å². The molecule has 0 N–H and O–H groups in total. The van der Waals surface area contributed by atoms with Gasteiger partial charge in [0.2, 0.25) is 0 Å². The number of hydrogen-bond acceptors (Lipinski definition) is 2. The average Bonchev–Trinajstić information content (AvgIpc) is 3.04. The molecule has 3 nitrogen and oxygen atoms in total. The van der Waals surface area contributed by atoms with Gasteiger partial charge in [-0.3, -0.25) is 0 Å². The third-order valence-corrected chi connectivity index (χ3v) is 5.19. The Hall–Kier alpha value is -2.78. The van der Waals surface area contributed by atoms with E-state index in [9.17, 15) is 0 Å². The smallest absolute Gasteiger partial charge is 0.119 e. The van der Waals surface area contributed by atoms with Crippen molar-refractivity contribution in [2.24, 2.45) is 0 Å². The van der Waals surface area contributed by atoms with Crippen molar-refractivity contribution in [3.63, 3.8) is 0 Å². The SMILES string of the molecule is Cc1cccc(OCCCn2c(Cc3ccccc3Cl)nc3ccccc32)c1. The van der Waals surface area contributed by atoms with E-state index < -0.39 is 0 Å². The predicted molar refractivity (Wildman–Crippen MR) is 115 cm³/mol. The summed E-state index contributed by atoms with van der Waals surface area (Å²) in [7, 11) is 0. The number of benzene rings is 3. The Morgan fingerprint density at radius 2 is 1.79 bits per heavy atom. The summed E-state index contributed by atoms with van der Waals surface area (Å²) < 4.78 is 8.21. The van der Waals surface area contributed by atoms with Crippen LogP contribution < -0.4 is 4.74 Å². The van der Waals surface area contributed by atoms with Gasteiger partial charge in [-0.25, -0.2) is 4.98 Å². The molecule has 0 spiro atoms. The molecule has 0 aliphatic carbocycles. The molecule has 0 aliphatic rings. The Balaban J connectivity index is 1.51. The molecule has 0 saturated heterocycles. The second-order valence-electron chi connectivity index (χ2n) is 6.96. The van der Waals surface area contributed by atoms with Crippen molar-refractivity contribution < 1.29 is 4.74 Å². The zero-order chi connectivity index (χ0) is 19.3. The van der Waals surface area contributed by atoms with Crippen LogP contribution in [0.15, 0.2) is 72.8 Å². The van der Waals surface area contributed by atoms with E-state index in [4.69, 9.17) is 21.3 Å². The molecule has 0 saturated carbocycles. The Morgan fingerprint density at radius 3 is 2.64 bits per heavy atom. The van der Waals surface area contributed by atoms with Gasteiger partial charge in [0.1, 0.15) is 11.6 Å². The second-order valence-corrected chi connectivity index (χ2v) is 7.36. The van der Waals surface area contributed by atoms with Gasteiger partial charge in [-0.2, -0.15) is 0 Å². The number of halogens is 1. The van der Waals surface area contributed by atoms with E-state index in [0.29, 0.717) is 13.0 Å². The minimum absolute atomic E-state index is 0.668. The van der Waals surface area contributed by atoms with Crippen LogP contribution in [0.4, 0.5) is 0 Å². The van der Waals surface area contributed by atoms with Gasteiger partial charge in [0.25, 0.3) is 0 Å². The molecule has 0 amide bonds. The van der Waals surface area contributed by atoms with Gasteiger partial charge < -0.3 is 9.30 Å². The summed E-state index contributed by atoms with van der Waals surface area (Å²) in [6.45, 7) is 3.60. The van der Waals surface area contributed by atoms with Crippen molar-refractivity contribution >= 4 is 22.6 Å². The topological polar surface area (TPSA) is 27.1 Å². The van der Waals surface area contributed by atoms with Gasteiger partial charge in [0.05, 0.1) is 17.6 Å². The maximum atomic E-state index is 6.38. The Kier molecular flexibility index (Phi) is 5.63. The first kappa shape index (κ1) is 18.6. The highest BCUT2D eigenvalue weighted by molar-refractivity contribution is 6.31. The molecule has 1 aromatic heterocycles. The van der Waals surface area contributed by atoms with Crippen molar-refractivity contribution in [3.05, 3.63) is 94.8 Å². The Bertz CT molecular complexity index is 1090. The highest BCUT2D eigenvalue weighted by atomic mass is 35.5. The molecular formula is C24H23ClN2O. The van der Waals surface area contributed by atoms with E-state index in [-0.39, 0.29) is 0 Å². The number of aromatic nitrogens is 2. The zero-order valence-electron chi connectivity index (χ0n) is 15.9. The van der Waals surface area contributed by atoms with E-state index >= 15 is 0 Å². The largest absolute Gasteiger partial charge is 0.494 e. The number of para-hydroxylation sites is 2. The van der Waals surface area contributed by atoms with Gasteiger partial charge in [0, 0.05) is 18.0 Å². The quantitative estimate of drug-likeness (QED) is 0.359. The number of imidazole rings is 1. The van der Waals surface area contributed by atoms with Gasteiger partial charge in [-0.05, 0) is 54.8 Å². The average molecular weight is 391 g/mol. The molecule has 0 unspecified atom stereocenters. The van der Waals surface area contributed by atoms with E-state index in [2.05, 4.69) is 47.9 Å². The second kappa shape index (κ2) is 8.49. The lowest BCUT2D eigenvalue weighted by Gasteiger charge is -2.11. The summed E-state index contributed by atoms with van der Waals surface area (Å²) in [4.78, 5) is 4.86. The maximum Gasteiger partial charge on any atom is 0.119 e. The van der Waals surface area contributed by atoms with Crippen LogP contribution in [-0.2, 0) is 13.0 Å². The number of ether oxygens (including phenoxy) is 1. The van der Waals surface area contributed by atoms with Crippen LogP contribution in [-0.4, -0.2) is 16.2 Å². The monoisotopic (exact) mass is 390 g/mol. The van der Waals surface area contributed by atoms with Crippen LogP contribution in [0.2, 0.25) is 5.02 Å². The van der Waals surface area contributed by atoms with Crippen molar-refractivity contribution in [1.82, 2.24) is 9.55 Å². The lowest BCUT2D eigenvalue weighted by Crippen LogP contribution is -2.08. The molecule has 3 aromatic carbocycles. The summed E-state index contributed by atoms with van der Waals surface area (Å²) in [6, 6.07) is 24.4. The number of rotatable bonds is 7. The van der Waals surface area contributed by atoms with E-state index in [1.165, 1.54) is 5.56 Å². The lowest BCUT2D eigenvalue weighted by atomic mass is 10.1. The lowest BCUT2D eigenvalue weighted by molar-refractivity contribution is 0.301. The van der Waals surface area contributed by atoms with Crippen LogP contribution in [0, 0.1) is 6.92 Å². The standard InChI is InChI=1S/C24H23ClN2O/c1-18-8-6-10-20(16-18)28-15-7-14-27-23-13-5-4-12-22(23)26-24(27)17-19-9-2-3-11-21(19)25/h2-6,8-13,16H,7,14-15,17H2,1H3. The predicted octanol–water partition coefficient (Wildman–Crippen LogP) is 6.06. The summed E-state index contributed by atoms with van der Waals surface area (Å²) in [5.74, 6) is 1.96. The molecule has 0 atom stereocenters. The fraction of sp³-hybridized carbons (Fsp3) is 0.208.